The number of rotatable bonds is 1. The molecule has 0 saturated heterocycles. The van der Waals surface area contributed by atoms with E-state index in [4.69, 9.17) is 4.42 Å². The number of hydrogen-bond acceptors (Lipinski definition) is 1. The molecule has 0 atom stereocenters. The summed E-state index contributed by atoms with van der Waals surface area (Å²) in [5.74, 6) is 0. The van der Waals surface area contributed by atoms with Crippen molar-refractivity contribution in [1.29, 1.82) is 0 Å². The highest BCUT2D eigenvalue weighted by Gasteiger charge is 2.17. The van der Waals surface area contributed by atoms with Crippen LogP contribution in [-0.4, -0.2) is 0 Å². The first-order chi connectivity index (χ1) is 12.2. The summed E-state index contributed by atoms with van der Waals surface area (Å²) in [5, 5.41) is 4.89. The minimum Gasteiger partial charge on any atom is -0.456 e. The molecule has 0 aliphatic carbocycles. The Hall–Kier alpha value is -3.13. The summed E-state index contributed by atoms with van der Waals surface area (Å²) in [6.07, 6.45) is 2.07. The third-order valence-electron chi connectivity index (χ3n) is 5.04. The molecule has 0 radical (unpaired) electrons. The molecule has 5 aromatic rings. The Labute approximate surface area is 145 Å². The van der Waals surface area contributed by atoms with Crippen molar-refractivity contribution in [2.24, 2.45) is 7.05 Å². The summed E-state index contributed by atoms with van der Waals surface area (Å²) in [5.41, 5.74) is 5.54. The zero-order valence-corrected chi connectivity index (χ0v) is 14.3. The van der Waals surface area contributed by atoms with Crippen LogP contribution in [0.15, 0.2) is 77.3 Å². The van der Waals surface area contributed by atoms with Gasteiger partial charge in [0.1, 0.15) is 18.2 Å². The second-order valence-electron chi connectivity index (χ2n) is 6.62. The fourth-order valence-electron chi connectivity index (χ4n) is 3.78. The van der Waals surface area contributed by atoms with Gasteiger partial charge in [-0.1, -0.05) is 30.3 Å². The summed E-state index contributed by atoms with van der Waals surface area (Å²) in [4.78, 5) is 0. The van der Waals surface area contributed by atoms with Gasteiger partial charge in [-0.3, -0.25) is 0 Å². The van der Waals surface area contributed by atoms with Crippen LogP contribution >= 0.6 is 0 Å². The van der Waals surface area contributed by atoms with Gasteiger partial charge in [-0.2, -0.15) is 0 Å². The maximum Gasteiger partial charge on any atom is 0.212 e. The van der Waals surface area contributed by atoms with Crippen LogP contribution in [0.1, 0.15) is 5.56 Å². The lowest BCUT2D eigenvalue weighted by Gasteiger charge is -2.04. The van der Waals surface area contributed by atoms with E-state index in [1.807, 2.05) is 6.07 Å². The van der Waals surface area contributed by atoms with Crippen LogP contribution in [0.2, 0.25) is 0 Å². The largest absolute Gasteiger partial charge is 0.456 e. The number of aryl methyl sites for hydroxylation is 2. The average Bonchev–Trinajstić information content (AvgIpc) is 2.99. The molecule has 2 aromatic heterocycles. The van der Waals surface area contributed by atoms with Crippen LogP contribution in [0.25, 0.3) is 44.0 Å². The van der Waals surface area contributed by atoms with E-state index in [0.717, 1.165) is 11.2 Å². The molecule has 0 fully saturated rings. The molecule has 2 heteroatoms. The Morgan fingerprint density at radius 1 is 0.800 bits per heavy atom. The predicted octanol–water partition coefficient (Wildman–Crippen LogP) is 5.54. The van der Waals surface area contributed by atoms with Gasteiger partial charge < -0.3 is 4.42 Å². The molecule has 5 rings (SSSR count). The second kappa shape index (κ2) is 5.18. The molecule has 2 heterocycles. The fraction of sp³-hybridized carbons (Fsp3) is 0.0870. The Morgan fingerprint density at radius 3 is 2.52 bits per heavy atom. The zero-order valence-electron chi connectivity index (χ0n) is 14.3. The molecule has 0 aliphatic rings. The minimum absolute atomic E-state index is 0.941. The summed E-state index contributed by atoms with van der Waals surface area (Å²) >= 11 is 0. The van der Waals surface area contributed by atoms with E-state index in [-0.39, 0.29) is 0 Å². The van der Waals surface area contributed by atoms with E-state index in [1.165, 1.54) is 38.4 Å². The van der Waals surface area contributed by atoms with Crippen molar-refractivity contribution in [2.45, 2.75) is 6.92 Å². The van der Waals surface area contributed by atoms with E-state index in [0.29, 0.717) is 0 Å². The zero-order chi connectivity index (χ0) is 17.0. The van der Waals surface area contributed by atoms with Crippen molar-refractivity contribution < 1.29 is 8.98 Å². The molecule has 0 saturated carbocycles. The highest BCUT2D eigenvalue weighted by atomic mass is 16.3. The van der Waals surface area contributed by atoms with E-state index >= 15 is 0 Å². The number of furan rings is 1. The van der Waals surface area contributed by atoms with Gasteiger partial charge in [-0.25, -0.2) is 4.57 Å². The average molecular weight is 324 g/mol. The van der Waals surface area contributed by atoms with Gasteiger partial charge in [0.05, 0.1) is 5.56 Å². The summed E-state index contributed by atoms with van der Waals surface area (Å²) in [6.45, 7) is 2.17. The summed E-state index contributed by atoms with van der Waals surface area (Å²) in [6, 6.07) is 23.4. The van der Waals surface area contributed by atoms with E-state index in [2.05, 4.69) is 85.4 Å². The Balaban J connectivity index is 1.89. The first-order valence-corrected chi connectivity index (χ1v) is 8.52. The van der Waals surface area contributed by atoms with Gasteiger partial charge in [-0.05, 0) is 47.5 Å². The SMILES string of the molecule is Cc1cc2c(cc1-c1cccc[n+]1C)oc1ccc3ccccc3c12. The summed E-state index contributed by atoms with van der Waals surface area (Å²) < 4.78 is 8.35. The highest BCUT2D eigenvalue weighted by molar-refractivity contribution is 6.19. The molecule has 0 amide bonds. The van der Waals surface area contributed by atoms with Gasteiger partial charge in [0, 0.05) is 22.9 Å². The van der Waals surface area contributed by atoms with Gasteiger partial charge in [-0.15, -0.1) is 0 Å². The normalized spacial score (nSPS) is 11.6. The van der Waals surface area contributed by atoms with E-state index in [1.54, 1.807) is 0 Å². The maximum absolute atomic E-state index is 6.21. The van der Waals surface area contributed by atoms with Gasteiger partial charge >= 0.3 is 0 Å². The molecular weight excluding hydrogens is 306 g/mol. The van der Waals surface area contributed by atoms with Crippen molar-refractivity contribution in [3.8, 4) is 11.3 Å². The lowest BCUT2D eigenvalue weighted by molar-refractivity contribution is -0.660. The monoisotopic (exact) mass is 324 g/mol. The number of fused-ring (bicyclic) bond motifs is 5. The molecule has 120 valence electrons. The highest BCUT2D eigenvalue weighted by Crippen LogP contribution is 2.37. The molecule has 0 unspecified atom stereocenters. The van der Waals surface area contributed by atoms with E-state index < -0.39 is 0 Å². The Bertz CT molecular complexity index is 1260. The number of pyridine rings is 1. The van der Waals surface area contributed by atoms with Crippen molar-refractivity contribution >= 4 is 32.7 Å². The number of benzene rings is 3. The van der Waals surface area contributed by atoms with Gasteiger partial charge in [0.25, 0.3) is 0 Å². The van der Waals surface area contributed by atoms with Crippen LogP contribution in [0.4, 0.5) is 0 Å². The third kappa shape index (κ3) is 2.07. The Kier molecular flexibility index (Phi) is 2.95. The summed E-state index contributed by atoms with van der Waals surface area (Å²) in [7, 11) is 2.07. The molecule has 3 aromatic carbocycles. The quantitative estimate of drug-likeness (QED) is 0.370. The molecule has 0 aliphatic heterocycles. The van der Waals surface area contributed by atoms with Crippen molar-refractivity contribution in [1.82, 2.24) is 0 Å². The molecule has 25 heavy (non-hydrogen) atoms. The van der Waals surface area contributed by atoms with Gasteiger partial charge in [0.2, 0.25) is 5.69 Å². The maximum atomic E-state index is 6.21. The first-order valence-electron chi connectivity index (χ1n) is 8.52. The first kappa shape index (κ1) is 14.2. The van der Waals surface area contributed by atoms with Crippen LogP contribution < -0.4 is 4.57 Å². The minimum atomic E-state index is 0.941. The predicted molar refractivity (Wildman–Crippen MR) is 103 cm³/mol. The van der Waals surface area contributed by atoms with E-state index in [9.17, 15) is 0 Å². The molecular formula is C23H18NO+. The molecule has 0 bridgehead atoms. The number of aromatic nitrogens is 1. The van der Waals surface area contributed by atoms with Crippen LogP contribution in [0, 0.1) is 6.92 Å². The van der Waals surface area contributed by atoms with Gasteiger partial charge in [0.15, 0.2) is 6.20 Å². The van der Waals surface area contributed by atoms with Crippen molar-refractivity contribution in [3.63, 3.8) is 0 Å². The third-order valence-corrected chi connectivity index (χ3v) is 5.04. The van der Waals surface area contributed by atoms with Crippen LogP contribution in [0.3, 0.4) is 0 Å². The fourth-order valence-corrected chi connectivity index (χ4v) is 3.78. The molecule has 0 N–H and O–H groups in total. The van der Waals surface area contributed by atoms with Crippen molar-refractivity contribution in [3.05, 3.63) is 78.5 Å². The molecule has 0 spiro atoms. The Morgan fingerprint density at radius 2 is 1.64 bits per heavy atom. The van der Waals surface area contributed by atoms with Crippen molar-refractivity contribution in [2.75, 3.05) is 0 Å². The number of nitrogens with zero attached hydrogens (tertiary/aromatic N) is 1. The van der Waals surface area contributed by atoms with Crippen LogP contribution in [-0.2, 0) is 7.05 Å². The lowest BCUT2D eigenvalue weighted by Crippen LogP contribution is -2.30. The standard InChI is InChI=1S/C23H18NO/c1-15-13-19-22(14-18(15)20-9-5-6-12-24(20)2)25-21-11-10-16-7-3-4-8-17(16)23(19)21/h3-14H,1-2H3/q+1. The smallest absolute Gasteiger partial charge is 0.212 e. The number of hydrogen-bond donors (Lipinski definition) is 0. The lowest BCUT2D eigenvalue weighted by atomic mass is 9.99. The second-order valence-corrected chi connectivity index (χ2v) is 6.62. The topological polar surface area (TPSA) is 17.0 Å². The molecule has 2 nitrogen and oxygen atoms in total. The van der Waals surface area contributed by atoms with Crippen LogP contribution in [0.5, 0.6) is 0 Å².